The summed E-state index contributed by atoms with van der Waals surface area (Å²) >= 11 is 0. The number of ketones is 2. The molecular weight excluding hydrogens is 444 g/mol. The van der Waals surface area contributed by atoms with E-state index in [-0.39, 0.29) is 36.6 Å². The van der Waals surface area contributed by atoms with E-state index in [2.05, 4.69) is 0 Å². The smallest absolute Gasteiger partial charge is 0.310 e. The molecule has 0 saturated heterocycles. The van der Waals surface area contributed by atoms with Crippen LogP contribution in [0.4, 0.5) is 0 Å². The number of rotatable bonds is 8. The van der Waals surface area contributed by atoms with Crippen LogP contribution in [0.2, 0.25) is 0 Å². The van der Waals surface area contributed by atoms with Crippen LogP contribution in [-0.2, 0) is 19.1 Å². The molecular formula is C29H30O6. The third-order valence-corrected chi connectivity index (χ3v) is 7.35. The summed E-state index contributed by atoms with van der Waals surface area (Å²) in [6.07, 6.45) is 4.49. The molecule has 0 aliphatic heterocycles. The molecule has 4 atom stereocenters. The molecule has 0 unspecified atom stereocenters. The third-order valence-electron chi connectivity index (χ3n) is 7.35. The number of aryl methyl sites for hydroxylation is 4. The summed E-state index contributed by atoms with van der Waals surface area (Å²) in [5.74, 6) is -3.47. The minimum Gasteiger partial charge on any atom is -0.457 e. The van der Waals surface area contributed by atoms with Gasteiger partial charge in [0.25, 0.3) is 0 Å². The number of hydrogen-bond donors (Lipinski definition) is 0. The lowest BCUT2D eigenvalue weighted by atomic mass is 9.83. The number of Topliss-reactive ketones (excluding diaryl/α,β-unsaturated/α-hetero) is 2. The maximum absolute atomic E-state index is 13.0. The van der Waals surface area contributed by atoms with Crippen LogP contribution in [0.3, 0.4) is 0 Å². The fraction of sp³-hybridized carbons (Fsp3) is 0.379. The van der Waals surface area contributed by atoms with Crippen molar-refractivity contribution in [2.75, 3.05) is 13.2 Å². The molecule has 2 bridgehead atoms. The van der Waals surface area contributed by atoms with Gasteiger partial charge >= 0.3 is 11.9 Å². The van der Waals surface area contributed by atoms with E-state index in [4.69, 9.17) is 9.47 Å². The highest BCUT2D eigenvalue weighted by molar-refractivity contribution is 5.99. The molecule has 2 aromatic carbocycles. The topological polar surface area (TPSA) is 86.7 Å². The van der Waals surface area contributed by atoms with Gasteiger partial charge in [0, 0.05) is 11.1 Å². The predicted molar refractivity (Wildman–Crippen MR) is 130 cm³/mol. The van der Waals surface area contributed by atoms with Crippen LogP contribution >= 0.6 is 0 Å². The van der Waals surface area contributed by atoms with E-state index in [1.54, 1.807) is 24.3 Å². The number of ether oxygens (including phenoxy) is 2. The molecule has 0 amide bonds. The zero-order valence-corrected chi connectivity index (χ0v) is 20.5. The maximum atomic E-state index is 13.0. The normalized spacial score (nSPS) is 22.2. The first-order chi connectivity index (χ1) is 16.7. The van der Waals surface area contributed by atoms with Gasteiger partial charge in [0.1, 0.15) is 0 Å². The van der Waals surface area contributed by atoms with Gasteiger partial charge in [0.05, 0.1) is 11.8 Å². The Kier molecular flexibility index (Phi) is 7.01. The van der Waals surface area contributed by atoms with Gasteiger partial charge in [0.15, 0.2) is 24.8 Å². The van der Waals surface area contributed by atoms with Crippen LogP contribution in [0.25, 0.3) is 0 Å². The van der Waals surface area contributed by atoms with Crippen molar-refractivity contribution < 1.29 is 28.7 Å². The van der Waals surface area contributed by atoms with E-state index in [9.17, 15) is 19.2 Å². The molecule has 4 rings (SSSR count). The van der Waals surface area contributed by atoms with Crippen molar-refractivity contribution >= 4 is 23.5 Å². The summed E-state index contributed by atoms with van der Waals surface area (Å²) in [5.41, 5.74) is 5.08. The first-order valence-electron chi connectivity index (χ1n) is 11.9. The van der Waals surface area contributed by atoms with Gasteiger partial charge in [-0.05, 0) is 80.3 Å². The van der Waals surface area contributed by atoms with E-state index in [1.165, 1.54) is 0 Å². The molecule has 2 aliphatic carbocycles. The Bertz CT molecular complexity index is 1130. The second-order valence-corrected chi connectivity index (χ2v) is 9.66. The molecule has 0 N–H and O–H groups in total. The van der Waals surface area contributed by atoms with Crippen molar-refractivity contribution in [1.29, 1.82) is 0 Å². The molecule has 2 aliphatic rings. The monoisotopic (exact) mass is 474 g/mol. The lowest BCUT2D eigenvalue weighted by Crippen LogP contribution is -2.36. The molecule has 1 saturated carbocycles. The van der Waals surface area contributed by atoms with E-state index in [0.29, 0.717) is 17.5 Å². The summed E-state index contributed by atoms with van der Waals surface area (Å²) in [6.45, 7) is 6.99. The standard InChI is InChI=1S/C29H30O6/c1-16-5-7-20(11-18(16)3)24(30)14-34-28(32)26-22-9-10-23(13-22)27(26)29(33)35-15-25(31)21-8-6-17(2)19(4)12-21/h5-12,22-23,26-27H,13-15H2,1-4H3/t22-,23-,26-,27+/m0/s1. The third kappa shape index (κ3) is 5.11. The number of hydrogen-bond acceptors (Lipinski definition) is 6. The van der Waals surface area contributed by atoms with Crippen molar-refractivity contribution in [1.82, 2.24) is 0 Å². The van der Waals surface area contributed by atoms with Crippen molar-refractivity contribution in [3.63, 3.8) is 0 Å². The van der Waals surface area contributed by atoms with Gasteiger partial charge in [-0.15, -0.1) is 0 Å². The van der Waals surface area contributed by atoms with Crippen molar-refractivity contribution in [2.24, 2.45) is 23.7 Å². The molecule has 0 spiro atoms. The quantitative estimate of drug-likeness (QED) is 0.318. The minimum absolute atomic E-state index is 0.141. The molecule has 6 heteroatoms. The highest BCUT2D eigenvalue weighted by Gasteiger charge is 2.53. The summed E-state index contributed by atoms with van der Waals surface area (Å²) in [7, 11) is 0. The lowest BCUT2D eigenvalue weighted by Gasteiger charge is -2.24. The number of carbonyl (C=O) groups excluding carboxylic acids is 4. The molecule has 6 nitrogen and oxygen atoms in total. The second-order valence-electron chi connectivity index (χ2n) is 9.66. The average molecular weight is 475 g/mol. The zero-order chi connectivity index (χ0) is 25.3. The van der Waals surface area contributed by atoms with Gasteiger partial charge in [-0.1, -0.05) is 36.4 Å². The van der Waals surface area contributed by atoms with Gasteiger partial charge in [-0.3, -0.25) is 19.2 Å². The van der Waals surface area contributed by atoms with E-state index < -0.39 is 23.8 Å². The van der Waals surface area contributed by atoms with E-state index in [0.717, 1.165) is 22.3 Å². The Morgan fingerprint density at radius 2 is 1.06 bits per heavy atom. The number of allylic oxidation sites excluding steroid dienone is 2. The van der Waals surface area contributed by atoms with Crippen LogP contribution in [0.5, 0.6) is 0 Å². The predicted octanol–water partition coefficient (Wildman–Crippen LogP) is 4.51. The number of esters is 2. The average Bonchev–Trinajstić information content (AvgIpc) is 3.46. The van der Waals surface area contributed by atoms with Crippen LogP contribution in [0.15, 0.2) is 48.6 Å². The molecule has 2 aromatic rings. The summed E-state index contributed by atoms with van der Waals surface area (Å²) in [5, 5.41) is 0. The molecule has 1 fully saturated rings. The first-order valence-corrected chi connectivity index (χ1v) is 11.9. The Balaban J connectivity index is 1.37. The van der Waals surface area contributed by atoms with Crippen LogP contribution in [0.1, 0.15) is 49.4 Å². The van der Waals surface area contributed by atoms with Gasteiger partial charge in [-0.25, -0.2) is 0 Å². The first kappa shape index (κ1) is 24.6. The fourth-order valence-corrected chi connectivity index (χ4v) is 4.93. The van der Waals surface area contributed by atoms with Crippen LogP contribution in [0, 0.1) is 51.4 Å². The Labute approximate surface area is 205 Å². The number of benzene rings is 2. The van der Waals surface area contributed by atoms with Gasteiger partial charge in [0.2, 0.25) is 0 Å². The van der Waals surface area contributed by atoms with Crippen LogP contribution < -0.4 is 0 Å². The van der Waals surface area contributed by atoms with E-state index in [1.807, 2.05) is 52.0 Å². The Hall–Kier alpha value is -3.54. The highest BCUT2D eigenvalue weighted by atomic mass is 16.5. The second kappa shape index (κ2) is 9.98. The molecule has 0 aromatic heterocycles. The molecule has 35 heavy (non-hydrogen) atoms. The lowest BCUT2D eigenvalue weighted by molar-refractivity contribution is -0.160. The molecule has 0 heterocycles. The van der Waals surface area contributed by atoms with Gasteiger partial charge in [-0.2, -0.15) is 0 Å². The zero-order valence-electron chi connectivity index (χ0n) is 20.5. The summed E-state index contributed by atoms with van der Waals surface area (Å²) < 4.78 is 10.7. The van der Waals surface area contributed by atoms with Crippen LogP contribution in [-0.4, -0.2) is 36.7 Å². The van der Waals surface area contributed by atoms with E-state index >= 15 is 0 Å². The molecule has 182 valence electrons. The largest absolute Gasteiger partial charge is 0.457 e. The van der Waals surface area contributed by atoms with Crippen molar-refractivity contribution in [3.05, 3.63) is 81.9 Å². The Morgan fingerprint density at radius 3 is 1.43 bits per heavy atom. The number of carbonyl (C=O) groups is 4. The summed E-state index contributed by atoms with van der Waals surface area (Å²) in [4.78, 5) is 51.0. The SMILES string of the molecule is Cc1ccc(C(=O)COC(=O)[C@@H]2[C@H](C(=O)OCC(=O)c3ccc(C)c(C)c3)[C@H]3C=C[C@H]2C3)cc1C. The van der Waals surface area contributed by atoms with Crippen molar-refractivity contribution in [2.45, 2.75) is 34.1 Å². The highest BCUT2D eigenvalue weighted by Crippen LogP contribution is 2.49. The molecule has 0 radical (unpaired) electrons. The fourth-order valence-electron chi connectivity index (χ4n) is 4.93. The summed E-state index contributed by atoms with van der Waals surface area (Å²) in [6, 6.07) is 10.7. The van der Waals surface area contributed by atoms with Gasteiger partial charge < -0.3 is 9.47 Å². The minimum atomic E-state index is -0.721. The maximum Gasteiger partial charge on any atom is 0.310 e. The number of fused-ring (bicyclic) bond motifs is 2. The van der Waals surface area contributed by atoms with Crippen molar-refractivity contribution in [3.8, 4) is 0 Å². The Morgan fingerprint density at radius 1 is 0.657 bits per heavy atom.